The fourth-order valence-corrected chi connectivity index (χ4v) is 3.12. The second-order valence-electron chi connectivity index (χ2n) is 5.68. The minimum atomic E-state index is -0.425. The van der Waals surface area contributed by atoms with Gasteiger partial charge in [-0.2, -0.15) is 5.10 Å². The Morgan fingerprint density at radius 1 is 1.10 bits per heavy atom. The highest BCUT2D eigenvalue weighted by atomic mass is 79.9. The second-order valence-corrected chi connectivity index (χ2v) is 7.66. The molecule has 2 aromatic carbocycles. The van der Waals surface area contributed by atoms with Crippen molar-refractivity contribution < 1.29 is 19.8 Å². The molecule has 1 aromatic heterocycles. The number of anilines is 1. The van der Waals surface area contributed by atoms with Gasteiger partial charge in [0.2, 0.25) is 11.0 Å². The molecule has 29 heavy (non-hydrogen) atoms. The van der Waals surface area contributed by atoms with Crippen molar-refractivity contribution in [1.82, 2.24) is 15.6 Å². The minimum Gasteiger partial charge on any atom is -0.504 e. The van der Waals surface area contributed by atoms with Gasteiger partial charge < -0.3 is 10.2 Å². The number of rotatable bonds is 6. The molecular formula is C18H14BrN5O4S. The summed E-state index contributed by atoms with van der Waals surface area (Å²) in [5.41, 5.74) is 3.29. The van der Waals surface area contributed by atoms with Crippen LogP contribution in [0.15, 0.2) is 52.0 Å². The maximum absolute atomic E-state index is 12.2. The van der Waals surface area contributed by atoms with E-state index in [9.17, 15) is 19.8 Å². The van der Waals surface area contributed by atoms with Gasteiger partial charge in [0.25, 0.3) is 5.91 Å². The summed E-state index contributed by atoms with van der Waals surface area (Å²) in [7, 11) is 0. The number of nitrogens with zero attached hydrogens (tertiary/aromatic N) is 3. The van der Waals surface area contributed by atoms with Crippen molar-refractivity contribution in [3.8, 4) is 11.5 Å². The van der Waals surface area contributed by atoms with Gasteiger partial charge in [-0.3, -0.25) is 14.9 Å². The van der Waals surface area contributed by atoms with Crippen molar-refractivity contribution in [3.63, 3.8) is 0 Å². The number of phenols is 2. The lowest BCUT2D eigenvalue weighted by Gasteiger charge is -2.00. The van der Waals surface area contributed by atoms with Crippen LogP contribution in [-0.4, -0.2) is 38.4 Å². The van der Waals surface area contributed by atoms with Gasteiger partial charge in [0.05, 0.1) is 12.6 Å². The molecule has 148 valence electrons. The van der Waals surface area contributed by atoms with Crippen molar-refractivity contribution in [2.24, 2.45) is 5.10 Å². The summed E-state index contributed by atoms with van der Waals surface area (Å²) < 4.78 is 0.864. The van der Waals surface area contributed by atoms with Crippen LogP contribution in [0.4, 0.5) is 5.13 Å². The normalized spacial score (nSPS) is 10.8. The third-order valence-electron chi connectivity index (χ3n) is 3.51. The number of amides is 2. The second kappa shape index (κ2) is 9.26. The lowest BCUT2D eigenvalue weighted by atomic mass is 10.2. The number of hydrogen-bond donors (Lipinski definition) is 4. The predicted molar refractivity (Wildman–Crippen MR) is 111 cm³/mol. The van der Waals surface area contributed by atoms with Crippen molar-refractivity contribution in [2.75, 3.05) is 5.32 Å². The third-order valence-corrected chi connectivity index (χ3v) is 4.88. The number of hydrogen-bond acceptors (Lipinski definition) is 8. The first-order valence-corrected chi connectivity index (χ1v) is 9.75. The zero-order chi connectivity index (χ0) is 20.8. The van der Waals surface area contributed by atoms with E-state index in [1.54, 1.807) is 24.3 Å². The smallest absolute Gasteiger partial charge is 0.257 e. The zero-order valence-electron chi connectivity index (χ0n) is 14.7. The van der Waals surface area contributed by atoms with Gasteiger partial charge in [0, 0.05) is 10.0 Å². The Morgan fingerprint density at radius 2 is 1.86 bits per heavy atom. The van der Waals surface area contributed by atoms with E-state index in [-0.39, 0.29) is 29.0 Å². The maximum atomic E-state index is 12.2. The molecule has 0 atom stereocenters. The number of hydrazone groups is 1. The predicted octanol–water partition coefficient (Wildman–Crippen LogP) is 2.66. The van der Waals surface area contributed by atoms with Crippen LogP contribution in [0.2, 0.25) is 0 Å². The third kappa shape index (κ3) is 5.83. The topological polar surface area (TPSA) is 137 Å². The van der Waals surface area contributed by atoms with E-state index in [4.69, 9.17) is 0 Å². The summed E-state index contributed by atoms with van der Waals surface area (Å²) in [5.74, 6) is -1.28. The van der Waals surface area contributed by atoms with E-state index in [2.05, 4.69) is 42.0 Å². The SMILES string of the molecule is O=C(Cc1nnc(NC(=O)c2ccc(Br)cc2)s1)N/N=C\c1ccc(O)c(O)c1. The highest BCUT2D eigenvalue weighted by molar-refractivity contribution is 9.10. The first-order valence-electron chi connectivity index (χ1n) is 8.14. The highest BCUT2D eigenvalue weighted by Gasteiger charge is 2.12. The summed E-state index contributed by atoms with van der Waals surface area (Å²) in [6.07, 6.45) is 1.25. The highest BCUT2D eigenvalue weighted by Crippen LogP contribution is 2.24. The minimum absolute atomic E-state index is 0.0655. The Kier molecular flexibility index (Phi) is 6.52. The maximum Gasteiger partial charge on any atom is 0.257 e. The van der Waals surface area contributed by atoms with Crippen molar-refractivity contribution >= 4 is 50.4 Å². The quantitative estimate of drug-likeness (QED) is 0.245. The van der Waals surface area contributed by atoms with Gasteiger partial charge in [0.15, 0.2) is 11.5 Å². The summed E-state index contributed by atoms with van der Waals surface area (Å²) >= 11 is 4.39. The molecule has 0 saturated carbocycles. The molecule has 0 fully saturated rings. The molecule has 3 rings (SSSR count). The fourth-order valence-electron chi connectivity index (χ4n) is 2.12. The Labute approximate surface area is 177 Å². The molecule has 0 unspecified atom stereocenters. The summed E-state index contributed by atoms with van der Waals surface area (Å²) in [6.45, 7) is 0. The van der Waals surface area contributed by atoms with E-state index < -0.39 is 5.91 Å². The van der Waals surface area contributed by atoms with E-state index in [1.807, 2.05) is 0 Å². The number of halogens is 1. The van der Waals surface area contributed by atoms with Gasteiger partial charge in [-0.15, -0.1) is 10.2 Å². The lowest BCUT2D eigenvalue weighted by Crippen LogP contribution is -2.19. The van der Waals surface area contributed by atoms with Crippen LogP contribution in [0.1, 0.15) is 20.9 Å². The standard InChI is InChI=1S/C18H14BrN5O4S/c19-12-4-2-11(3-5-12)17(28)21-18-24-23-16(29-18)8-15(27)22-20-9-10-1-6-13(25)14(26)7-10/h1-7,9,25-26H,8H2,(H,22,27)(H,21,24,28)/b20-9-. The molecule has 0 spiro atoms. The molecule has 0 aliphatic rings. The molecule has 1 heterocycles. The molecule has 0 radical (unpaired) electrons. The van der Waals surface area contributed by atoms with E-state index in [0.29, 0.717) is 16.1 Å². The number of phenolic OH excluding ortho intramolecular Hbond substituents is 2. The van der Waals surface area contributed by atoms with Crippen molar-refractivity contribution in [3.05, 3.63) is 63.1 Å². The molecule has 4 N–H and O–H groups in total. The molecule has 0 aliphatic carbocycles. The van der Waals surface area contributed by atoms with Gasteiger partial charge in [-0.05, 0) is 48.0 Å². The van der Waals surface area contributed by atoms with Crippen LogP contribution in [0, 0.1) is 0 Å². The zero-order valence-corrected chi connectivity index (χ0v) is 17.1. The molecule has 11 heteroatoms. The summed E-state index contributed by atoms with van der Waals surface area (Å²) in [5, 5.41) is 33.5. The fraction of sp³-hybridized carbons (Fsp3) is 0.0556. The Morgan fingerprint density at radius 3 is 2.59 bits per heavy atom. The number of carbonyl (C=O) groups is 2. The molecular weight excluding hydrogens is 462 g/mol. The monoisotopic (exact) mass is 475 g/mol. The molecule has 0 aliphatic heterocycles. The summed E-state index contributed by atoms with van der Waals surface area (Å²) in [4.78, 5) is 24.1. The van der Waals surface area contributed by atoms with Gasteiger partial charge in [-0.25, -0.2) is 5.43 Å². The Balaban J connectivity index is 1.51. The van der Waals surface area contributed by atoms with Crippen LogP contribution < -0.4 is 10.7 Å². The molecule has 0 bridgehead atoms. The molecule has 2 amide bonds. The average Bonchev–Trinajstić information content (AvgIpc) is 3.11. The van der Waals surface area contributed by atoms with Crippen LogP contribution in [0.5, 0.6) is 11.5 Å². The van der Waals surface area contributed by atoms with E-state index in [1.165, 1.54) is 24.4 Å². The van der Waals surface area contributed by atoms with Crippen LogP contribution in [0.3, 0.4) is 0 Å². The van der Waals surface area contributed by atoms with Gasteiger partial charge >= 0.3 is 0 Å². The number of aromatic hydroxyl groups is 2. The van der Waals surface area contributed by atoms with Crippen molar-refractivity contribution in [2.45, 2.75) is 6.42 Å². The average molecular weight is 476 g/mol. The number of carbonyl (C=O) groups excluding carboxylic acids is 2. The van der Waals surface area contributed by atoms with Gasteiger partial charge in [-0.1, -0.05) is 27.3 Å². The van der Waals surface area contributed by atoms with Crippen LogP contribution in [0.25, 0.3) is 0 Å². The molecule has 3 aromatic rings. The number of benzene rings is 2. The molecule has 0 saturated heterocycles. The van der Waals surface area contributed by atoms with E-state index in [0.717, 1.165) is 15.8 Å². The van der Waals surface area contributed by atoms with Gasteiger partial charge in [0.1, 0.15) is 5.01 Å². The summed E-state index contributed by atoms with van der Waals surface area (Å²) in [6, 6.07) is 11.0. The largest absolute Gasteiger partial charge is 0.504 e. The first kappa shape index (κ1) is 20.4. The van der Waals surface area contributed by atoms with Crippen LogP contribution >= 0.6 is 27.3 Å². The Bertz CT molecular complexity index is 1070. The number of nitrogens with one attached hydrogen (secondary N) is 2. The molecule has 9 nitrogen and oxygen atoms in total. The first-order chi connectivity index (χ1) is 13.9. The van der Waals surface area contributed by atoms with Crippen molar-refractivity contribution in [1.29, 1.82) is 0 Å². The Hall–Kier alpha value is -3.31. The number of aromatic nitrogens is 2. The van der Waals surface area contributed by atoms with E-state index >= 15 is 0 Å². The lowest BCUT2D eigenvalue weighted by molar-refractivity contribution is -0.120. The van der Waals surface area contributed by atoms with Crippen LogP contribution in [-0.2, 0) is 11.2 Å².